The van der Waals surface area contributed by atoms with Crippen LogP contribution in [-0.4, -0.2) is 22.7 Å². The fourth-order valence-electron chi connectivity index (χ4n) is 6.76. The van der Waals surface area contributed by atoms with Crippen molar-refractivity contribution in [2.75, 3.05) is 0 Å². The van der Waals surface area contributed by atoms with Crippen molar-refractivity contribution in [1.29, 1.82) is 0 Å². The van der Waals surface area contributed by atoms with Gasteiger partial charge in [-0.2, -0.15) is 0 Å². The van der Waals surface area contributed by atoms with E-state index in [2.05, 4.69) is 109 Å². The van der Waals surface area contributed by atoms with E-state index in [9.17, 15) is 0 Å². The van der Waals surface area contributed by atoms with Gasteiger partial charge in [0.1, 0.15) is 5.75 Å². The Balaban J connectivity index is 1.57. The van der Waals surface area contributed by atoms with Crippen LogP contribution in [-0.2, 0) is 10.8 Å². The topological polar surface area (TPSA) is 18.5 Å². The van der Waals surface area contributed by atoms with E-state index in [-0.39, 0.29) is 10.1 Å². The van der Waals surface area contributed by atoms with E-state index >= 15 is 0 Å². The van der Waals surface area contributed by atoms with Gasteiger partial charge in [0.15, 0.2) is 8.32 Å². The Kier molecular flexibility index (Phi) is 7.33. The summed E-state index contributed by atoms with van der Waals surface area (Å²) in [6.07, 6.45) is 8.26. The summed E-state index contributed by atoms with van der Waals surface area (Å²) in [4.78, 5) is 0. The molecule has 2 fully saturated rings. The third kappa shape index (κ3) is 4.98. The monoisotopic (exact) mass is 626 g/mol. The van der Waals surface area contributed by atoms with Crippen LogP contribution in [0.1, 0.15) is 97.6 Å². The minimum Gasteiger partial charge on any atom is -0.543 e. The zero-order chi connectivity index (χ0) is 26.2. The highest BCUT2D eigenvalue weighted by molar-refractivity contribution is 14.1. The molecule has 0 saturated heterocycles. The van der Waals surface area contributed by atoms with Crippen LogP contribution in [0.2, 0.25) is 36.3 Å². The van der Waals surface area contributed by atoms with Crippen LogP contribution in [0.15, 0.2) is 12.1 Å². The van der Waals surface area contributed by atoms with Crippen molar-refractivity contribution in [1.82, 2.24) is 0 Å². The highest BCUT2D eigenvalue weighted by Gasteiger charge is 2.57. The van der Waals surface area contributed by atoms with Gasteiger partial charge in [-0.1, -0.05) is 48.5 Å². The first kappa shape index (κ1) is 28.2. The fourth-order valence-corrected chi connectivity index (χ4v) is 10.0. The Morgan fingerprint density at radius 1 is 0.886 bits per heavy atom. The molecule has 0 aliphatic heterocycles. The molecule has 0 spiro atoms. The first-order valence-electron chi connectivity index (χ1n) is 14.1. The SMILES string of the molecule is CC(C)(C)[Si](C)(C)Oc1cc2c(cc1I)[C@H]1CC[C@]3(C)[C@@H](O[Si](C)(C)C(C)(C)C)CC[C@H]3[C@@H]1CC2. The molecule has 0 heterocycles. The average molecular weight is 627 g/mol. The molecule has 3 aliphatic rings. The van der Waals surface area contributed by atoms with E-state index in [0.29, 0.717) is 11.5 Å². The van der Waals surface area contributed by atoms with Gasteiger partial charge in [-0.05, 0) is 144 Å². The number of benzene rings is 1. The molecular formula is C30H51IO2Si2. The van der Waals surface area contributed by atoms with Crippen molar-refractivity contribution in [3.8, 4) is 5.75 Å². The molecule has 2 nitrogen and oxygen atoms in total. The lowest BCUT2D eigenvalue weighted by Gasteiger charge is -2.52. The molecule has 1 aromatic rings. The molecule has 0 aromatic heterocycles. The molecule has 35 heavy (non-hydrogen) atoms. The van der Waals surface area contributed by atoms with E-state index in [1.807, 2.05) is 0 Å². The zero-order valence-electron chi connectivity index (χ0n) is 24.4. The number of fused-ring (bicyclic) bond motifs is 5. The van der Waals surface area contributed by atoms with Gasteiger partial charge < -0.3 is 8.85 Å². The minimum atomic E-state index is -1.84. The highest BCUT2D eigenvalue weighted by atomic mass is 127. The average Bonchev–Trinajstić information content (AvgIpc) is 3.02. The van der Waals surface area contributed by atoms with Crippen LogP contribution in [0.3, 0.4) is 0 Å². The molecule has 4 rings (SSSR count). The second-order valence-corrected chi connectivity index (χ2v) is 25.9. The maximum absolute atomic E-state index is 7.12. The molecule has 3 aliphatic carbocycles. The lowest BCUT2D eigenvalue weighted by atomic mass is 9.55. The number of rotatable bonds is 4. The van der Waals surface area contributed by atoms with Crippen LogP contribution in [0.25, 0.3) is 0 Å². The molecule has 5 atom stereocenters. The Hall–Kier alpha value is 0.144. The lowest BCUT2D eigenvalue weighted by Crippen LogP contribution is -2.50. The maximum atomic E-state index is 7.12. The highest BCUT2D eigenvalue weighted by Crippen LogP contribution is 2.62. The Labute approximate surface area is 232 Å². The van der Waals surface area contributed by atoms with E-state index in [1.165, 1.54) is 42.1 Å². The Bertz CT molecular complexity index is 958. The molecule has 0 radical (unpaired) electrons. The maximum Gasteiger partial charge on any atom is 0.250 e. The van der Waals surface area contributed by atoms with Gasteiger partial charge in [-0.25, -0.2) is 0 Å². The molecule has 1 aromatic carbocycles. The molecule has 198 valence electrons. The van der Waals surface area contributed by atoms with Crippen LogP contribution in [0.5, 0.6) is 5.75 Å². The smallest absolute Gasteiger partial charge is 0.250 e. The quantitative estimate of drug-likeness (QED) is 0.245. The van der Waals surface area contributed by atoms with E-state index in [4.69, 9.17) is 8.85 Å². The summed E-state index contributed by atoms with van der Waals surface area (Å²) < 4.78 is 15.2. The van der Waals surface area contributed by atoms with E-state index in [1.54, 1.807) is 11.1 Å². The predicted molar refractivity (Wildman–Crippen MR) is 164 cm³/mol. The minimum absolute atomic E-state index is 0.219. The van der Waals surface area contributed by atoms with E-state index in [0.717, 1.165) is 23.5 Å². The molecule has 0 unspecified atom stereocenters. The van der Waals surface area contributed by atoms with E-state index < -0.39 is 16.6 Å². The summed E-state index contributed by atoms with van der Waals surface area (Å²) in [5.74, 6) is 3.49. The molecule has 0 bridgehead atoms. The number of halogens is 1. The van der Waals surface area contributed by atoms with Gasteiger partial charge in [-0.15, -0.1) is 0 Å². The van der Waals surface area contributed by atoms with Crippen molar-refractivity contribution in [3.63, 3.8) is 0 Å². The van der Waals surface area contributed by atoms with Crippen LogP contribution in [0.4, 0.5) is 0 Å². The Morgan fingerprint density at radius 3 is 2.11 bits per heavy atom. The number of hydrogen-bond donors (Lipinski definition) is 0. The third-order valence-corrected chi connectivity index (χ3v) is 20.8. The summed E-state index contributed by atoms with van der Waals surface area (Å²) in [5, 5.41) is 0.500. The first-order valence-corrected chi connectivity index (χ1v) is 21.0. The van der Waals surface area contributed by atoms with Crippen molar-refractivity contribution < 1.29 is 8.85 Å². The van der Waals surface area contributed by atoms with Crippen molar-refractivity contribution in [2.45, 2.75) is 135 Å². The van der Waals surface area contributed by atoms with Crippen LogP contribution >= 0.6 is 22.6 Å². The molecule has 2 saturated carbocycles. The lowest BCUT2D eigenvalue weighted by molar-refractivity contribution is -0.0165. The standard InChI is InChI=1S/C30H51IO2Si2/c1-28(2,3)34(8,9)32-26-18-20-12-13-22-21(23(20)19-25(26)31)16-17-30(7)24(22)14-15-27(30)33-35(10,11)29(4,5)6/h18-19,21-22,24,27H,12-17H2,1-11H3/t21-,22+,24-,27-,30-/m0/s1. The number of aryl methyl sites for hydroxylation is 1. The second-order valence-electron chi connectivity index (χ2n) is 15.2. The van der Waals surface area contributed by atoms with Gasteiger partial charge in [0.25, 0.3) is 8.32 Å². The molecular weight excluding hydrogens is 575 g/mol. The molecule has 0 amide bonds. The van der Waals surface area contributed by atoms with Crippen molar-refractivity contribution >= 4 is 39.2 Å². The predicted octanol–water partition coefficient (Wildman–Crippen LogP) is 9.92. The fraction of sp³-hybridized carbons (Fsp3) is 0.800. The van der Waals surface area contributed by atoms with Crippen LogP contribution < -0.4 is 4.43 Å². The largest absolute Gasteiger partial charge is 0.543 e. The molecule has 0 N–H and O–H groups in total. The first-order chi connectivity index (χ1) is 15.9. The van der Waals surface area contributed by atoms with Gasteiger partial charge >= 0.3 is 0 Å². The van der Waals surface area contributed by atoms with Gasteiger partial charge in [0, 0.05) is 0 Å². The zero-order valence-corrected chi connectivity index (χ0v) is 28.6. The summed E-state index contributed by atoms with van der Waals surface area (Å²) in [7, 11) is -3.59. The summed E-state index contributed by atoms with van der Waals surface area (Å²) in [5.41, 5.74) is 3.56. The molecule has 5 heteroatoms. The van der Waals surface area contributed by atoms with Crippen molar-refractivity contribution in [2.24, 2.45) is 17.3 Å². The Morgan fingerprint density at radius 2 is 1.51 bits per heavy atom. The second kappa shape index (κ2) is 9.12. The summed E-state index contributed by atoms with van der Waals surface area (Å²) in [6.45, 7) is 26.3. The number of hydrogen-bond acceptors (Lipinski definition) is 2. The van der Waals surface area contributed by atoms with Crippen LogP contribution in [0, 0.1) is 20.8 Å². The normalized spacial score (nSPS) is 31.5. The summed E-state index contributed by atoms with van der Waals surface area (Å²) >= 11 is 2.54. The third-order valence-electron chi connectivity index (χ3n) is 11.1. The van der Waals surface area contributed by atoms with Crippen molar-refractivity contribution in [3.05, 3.63) is 26.8 Å². The van der Waals surface area contributed by atoms with Gasteiger partial charge in [-0.3, -0.25) is 0 Å². The van der Waals surface area contributed by atoms with Gasteiger partial charge in [0.2, 0.25) is 0 Å². The van der Waals surface area contributed by atoms with Gasteiger partial charge in [0.05, 0.1) is 9.67 Å². The summed E-state index contributed by atoms with van der Waals surface area (Å²) in [6, 6.07) is 4.94.